The van der Waals surface area contributed by atoms with Crippen molar-refractivity contribution in [1.82, 2.24) is 4.98 Å². The largest absolute Gasteiger partial charge is 0.274 e. The van der Waals surface area contributed by atoms with Crippen LogP contribution in [0.15, 0.2) is 46.8 Å². The van der Waals surface area contributed by atoms with Crippen molar-refractivity contribution in [3.05, 3.63) is 42.5 Å². The van der Waals surface area contributed by atoms with Gasteiger partial charge in [0, 0.05) is 5.25 Å². The van der Waals surface area contributed by atoms with Crippen molar-refractivity contribution in [1.29, 1.82) is 0 Å². The Morgan fingerprint density at radius 3 is 2.57 bits per heavy atom. The van der Waals surface area contributed by atoms with Crippen molar-refractivity contribution in [2.45, 2.75) is 35.3 Å². The van der Waals surface area contributed by atoms with Crippen LogP contribution in [0.3, 0.4) is 0 Å². The van der Waals surface area contributed by atoms with Gasteiger partial charge in [-0.3, -0.25) is 9.59 Å². The molecule has 2 aromatic rings. The van der Waals surface area contributed by atoms with Gasteiger partial charge in [0.25, 0.3) is 0 Å². The fourth-order valence-electron chi connectivity index (χ4n) is 5.25. The lowest BCUT2D eigenvalue weighted by Crippen LogP contribution is -2.32. The Morgan fingerprint density at radius 2 is 1.86 bits per heavy atom. The van der Waals surface area contributed by atoms with Gasteiger partial charge in [0.2, 0.25) is 11.8 Å². The SMILES string of the molecule is O=C1[C@@H]2[C@@H](C(=O)N1c1ccc3nc(S[C@H]4C=CCCC4)sc3c1)[C@H]1C=C[C@@H]2C1. The zero-order chi connectivity index (χ0) is 18.8. The number of thiazole rings is 1. The summed E-state index contributed by atoms with van der Waals surface area (Å²) in [6.07, 6.45) is 13.4. The van der Waals surface area contributed by atoms with E-state index in [1.54, 1.807) is 11.3 Å². The van der Waals surface area contributed by atoms with Crippen molar-refractivity contribution in [3.63, 3.8) is 0 Å². The number of thioether (sulfide) groups is 1. The quantitative estimate of drug-likeness (QED) is 0.540. The van der Waals surface area contributed by atoms with E-state index in [2.05, 4.69) is 24.3 Å². The number of fused-ring (bicyclic) bond motifs is 6. The van der Waals surface area contributed by atoms with Crippen LogP contribution < -0.4 is 4.90 Å². The average molecular weight is 409 g/mol. The highest BCUT2D eigenvalue weighted by Gasteiger charge is 2.59. The second-order valence-electron chi connectivity index (χ2n) is 8.16. The van der Waals surface area contributed by atoms with Gasteiger partial charge in [0.15, 0.2) is 4.34 Å². The number of aromatic nitrogens is 1. The molecule has 142 valence electrons. The lowest BCUT2D eigenvalue weighted by Gasteiger charge is -2.17. The van der Waals surface area contributed by atoms with Gasteiger partial charge in [-0.15, -0.1) is 11.3 Å². The van der Waals surface area contributed by atoms with Crippen molar-refractivity contribution in [2.75, 3.05) is 4.90 Å². The standard InChI is InChI=1S/C22H20N2O2S2/c25-20-18-12-6-7-13(10-12)19(18)21(26)24(20)14-8-9-16-17(11-14)28-22(23-16)27-15-4-2-1-3-5-15/h2,4,6-9,11-13,15,18-19H,1,3,5,10H2/t12-,13+,15-,18-,19-/m0/s1. The van der Waals surface area contributed by atoms with Crippen LogP contribution in [0.1, 0.15) is 25.7 Å². The molecule has 2 heterocycles. The number of imide groups is 1. The maximum Gasteiger partial charge on any atom is 0.238 e. The van der Waals surface area contributed by atoms with Crippen molar-refractivity contribution in [2.24, 2.45) is 23.7 Å². The summed E-state index contributed by atoms with van der Waals surface area (Å²) in [5.74, 6) is 0.160. The number of carbonyl (C=O) groups is 2. The Hall–Kier alpha value is -1.92. The monoisotopic (exact) mass is 408 g/mol. The highest BCUT2D eigenvalue weighted by atomic mass is 32.2. The van der Waals surface area contributed by atoms with Gasteiger partial charge >= 0.3 is 0 Å². The van der Waals surface area contributed by atoms with Gasteiger partial charge < -0.3 is 0 Å². The number of amides is 2. The van der Waals surface area contributed by atoms with Gasteiger partial charge in [-0.05, 0) is 55.7 Å². The average Bonchev–Trinajstić information content (AvgIpc) is 3.45. The minimum atomic E-state index is -0.149. The van der Waals surface area contributed by atoms with Crippen LogP contribution in [-0.4, -0.2) is 22.0 Å². The summed E-state index contributed by atoms with van der Waals surface area (Å²) in [4.78, 5) is 32.3. The number of anilines is 1. The topological polar surface area (TPSA) is 50.3 Å². The van der Waals surface area contributed by atoms with E-state index in [0.717, 1.165) is 21.0 Å². The Morgan fingerprint density at radius 1 is 1.07 bits per heavy atom. The molecule has 1 aromatic carbocycles. The Bertz CT molecular complexity index is 1030. The lowest BCUT2D eigenvalue weighted by atomic mass is 9.85. The normalized spacial score (nSPS) is 33.4. The smallest absolute Gasteiger partial charge is 0.238 e. The Labute approximate surface area is 171 Å². The van der Waals surface area contributed by atoms with Crippen molar-refractivity contribution < 1.29 is 9.59 Å². The zero-order valence-electron chi connectivity index (χ0n) is 15.3. The summed E-state index contributed by atoms with van der Waals surface area (Å²) in [6, 6.07) is 5.80. The van der Waals surface area contributed by atoms with E-state index in [1.165, 1.54) is 24.2 Å². The molecule has 2 fully saturated rings. The first-order valence-electron chi connectivity index (χ1n) is 9.99. The Kier molecular flexibility index (Phi) is 3.82. The van der Waals surface area contributed by atoms with Crippen LogP contribution in [-0.2, 0) is 9.59 Å². The molecule has 1 saturated carbocycles. The van der Waals surface area contributed by atoms with E-state index < -0.39 is 0 Å². The fraction of sp³-hybridized carbons (Fsp3) is 0.409. The molecule has 4 aliphatic rings. The van der Waals surface area contributed by atoms with Gasteiger partial charge in [0.1, 0.15) is 0 Å². The molecule has 28 heavy (non-hydrogen) atoms. The number of rotatable bonds is 3. The summed E-state index contributed by atoms with van der Waals surface area (Å²) in [5, 5.41) is 0.498. The maximum atomic E-state index is 13.0. The van der Waals surface area contributed by atoms with Crippen molar-refractivity contribution >= 4 is 50.8 Å². The molecule has 2 amide bonds. The summed E-state index contributed by atoms with van der Waals surface area (Å²) in [6.45, 7) is 0. The van der Waals surface area contributed by atoms with Gasteiger partial charge in [-0.2, -0.15) is 0 Å². The molecular formula is C22H20N2O2S2. The Balaban J connectivity index is 1.30. The van der Waals surface area contributed by atoms with E-state index in [9.17, 15) is 9.59 Å². The molecule has 3 aliphatic carbocycles. The minimum absolute atomic E-state index is 0.0161. The number of nitrogens with zero attached hydrogens (tertiary/aromatic N) is 2. The van der Waals surface area contributed by atoms with E-state index in [-0.39, 0.29) is 35.5 Å². The third kappa shape index (κ3) is 2.47. The number of allylic oxidation sites excluding steroid dienone is 3. The molecule has 1 aliphatic heterocycles. The number of hydrogen-bond acceptors (Lipinski definition) is 5. The molecule has 0 spiro atoms. The molecule has 1 saturated heterocycles. The molecule has 0 radical (unpaired) electrons. The molecule has 6 rings (SSSR count). The summed E-state index contributed by atoms with van der Waals surface area (Å²) in [5.41, 5.74) is 1.64. The van der Waals surface area contributed by atoms with Crippen molar-refractivity contribution in [3.8, 4) is 0 Å². The molecule has 5 atom stereocenters. The van der Waals surface area contributed by atoms with Crippen LogP contribution in [0.4, 0.5) is 5.69 Å². The van der Waals surface area contributed by atoms with Crippen LogP contribution in [0.25, 0.3) is 10.2 Å². The highest BCUT2D eigenvalue weighted by molar-refractivity contribution is 8.01. The lowest BCUT2D eigenvalue weighted by molar-refractivity contribution is -0.123. The molecular weight excluding hydrogens is 388 g/mol. The van der Waals surface area contributed by atoms with Gasteiger partial charge in [-0.25, -0.2) is 9.88 Å². The molecule has 1 aromatic heterocycles. The number of benzene rings is 1. The molecule has 4 nitrogen and oxygen atoms in total. The van der Waals surface area contributed by atoms with Crippen LogP contribution in [0.2, 0.25) is 0 Å². The molecule has 0 N–H and O–H groups in total. The summed E-state index contributed by atoms with van der Waals surface area (Å²) >= 11 is 3.47. The predicted octanol–water partition coefficient (Wildman–Crippen LogP) is 4.81. The van der Waals surface area contributed by atoms with Crippen LogP contribution in [0, 0.1) is 23.7 Å². The zero-order valence-corrected chi connectivity index (χ0v) is 16.9. The first-order valence-corrected chi connectivity index (χ1v) is 11.7. The molecule has 2 bridgehead atoms. The van der Waals surface area contributed by atoms with E-state index >= 15 is 0 Å². The second-order valence-corrected chi connectivity index (χ2v) is 10.7. The van der Waals surface area contributed by atoms with E-state index in [4.69, 9.17) is 4.98 Å². The first kappa shape index (κ1) is 17.0. The first-order chi connectivity index (χ1) is 13.7. The number of carbonyl (C=O) groups excluding carboxylic acids is 2. The van der Waals surface area contributed by atoms with Gasteiger partial charge in [0.05, 0.1) is 27.7 Å². The van der Waals surface area contributed by atoms with Crippen LogP contribution in [0.5, 0.6) is 0 Å². The maximum absolute atomic E-state index is 13.0. The summed E-state index contributed by atoms with van der Waals surface area (Å²) < 4.78 is 2.10. The van der Waals surface area contributed by atoms with E-state index in [0.29, 0.717) is 10.9 Å². The van der Waals surface area contributed by atoms with Crippen LogP contribution >= 0.6 is 23.1 Å². The molecule has 6 heteroatoms. The highest BCUT2D eigenvalue weighted by Crippen LogP contribution is 2.53. The molecule has 0 unspecified atom stereocenters. The third-order valence-electron chi connectivity index (χ3n) is 6.54. The minimum Gasteiger partial charge on any atom is -0.274 e. The summed E-state index contributed by atoms with van der Waals surface area (Å²) in [7, 11) is 0. The van der Waals surface area contributed by atoms with Gasteiger partial charge in [-0.1, -0.05) is 36.1 Å². The fourth-order valence-corrected chi connectivity index (χ4v) is 7.69. The third-order valence-corrected chi connectivity index (χ3v) is 8.88. The second kappa shape index (κ2) is 6.29. The number of hydrogen-bond donors (Lipinski definition) is 0. The predicted molar refractivity (Wildman–Crippen MR) is 112 cm³/mol. The van der Waals surface area contributed by atoms with E-state index in [1.807, 2.05) is 30.0 Å².